The minimum absolute atomic E-state index is 0. The van der Waals surface area contributed by atoms with E-state index in [0.717, 1.165) is 55.1 Å². The maximum Gasteiger partial charge on any atom is 0.246 e. The Kier molecular flexibility index (Phi) is 271. The Balaban J connectivity index is -0.0000000377. The first-order chi connectivity index (χ1) is 49.2. The van der Waals surface area contributed by atoms with Gasteiger partial charge in [-0.25, -0.2) is 0 Å². The zero-order valence-corrected chi connectivity index (χ0v) is 71.9. The molecule has 29 heteroatoms. The molecule has 4 aromatic carbocycles. The van der Waals surface area contributed by atoms with Gasteiger partial charge in [-0.3, -0.25) is 19.2 Å². The van der Waals surface area contributed by atoms with Crippen LogP contribution in [0.5, 0.6) is 0 Å². The second-order valence-corrected chi connectivity index (χ2v) is 18.3. The maximum atomic E-state index is 13.9. The van der Waals surface area contributed by atoms with Crippen LogP contribution >= 0.6 is 0 Å². The van der Waals surface area contributed by atoms with Gasteiger partial charge in [0.2, 0.25) is 23.6 Å². The molecule has 0 aliphatic carbocycles. The van der Waals surface area contributed by atoms with Gasteiger partial charge in [0, 0.05) is 53.1 Å². The van der Waals surface area contributed by atoms with Crippen molar-refractivity contribution in [3.63, 3.8) is 0 Å². The number of aliphatic hydroxyl groups is 1. The highest BCUT2D eigenvalue weighted by Crippen LogP contribution is 2.17. The summed E-state index contributed by atoms with van der Waals surface area (Å²) in [6.45, 7) is 57.3. The van der Waals surface area contributed by atoms with Gasteiger partial charge >= 0.3 is 0 Å². The number of nitrogens with one attached hydrogen (secondary N) is 1. The molecule has 27 N–H and O–H groups in total. The molecule has 1 aliphatic heterocycles. The van der Waals surface area contributed by atoms with Crippen molar-refractivity contribution < 1.29 is 72.2 Å². The largest absolute Gasteiger partial charge is 0.394 e. The first-order valence-corrected chi connectivity index (χ1v) is 33.0. The summed E-state index contributed by atoms with van der Waals surface area (Å²) in [5.41, 5.74) is 27.1. The van der Waals surface area contributed by atoms with Gasteiger partial charge in [-0.2, -0.15) is 0 Å². The van der Waals surface area contributed by atoms with Crippen molar-refractivity contribution in [2.75, 3.05) is 62.4 Å². The molecule has 0 spiro atoms. The van der Waals surface area contributed by atoms with Crippen molar-refractivity contribution in [3.05, 3.63) is 144 Å². The van der Waals surface area contributed by atoms with E-state index in [1.54, 1.807) is 39.8 Å². The van der Waals surface area contributed by atoms with E-state index >= 15 is 0 Å². The van der Waals surface area contributed by atoms with Crippen LogP contribution in [0.4, 0.5) is 0 Å². The predicted molar refractivity (Wildman–Crippen MR) is 458 cm³/mol. The Hall–Kier alpha value is -8.98. The van der Waals surface area contributed by atoms with E-state index in [0.29, 0.717) is 19.5 Å². The van der Waals surface area contributed by atoms with Crippen LogP contribution in [0.1, 0.15) is 166 Å². The smallest absolute Gasteiger partial charge is 0.246 e. The molecule has 0 saturated carbocycles. The number of aliphatic hydroxyl groups excluding tert-OH is 1. The highest BCUT2D eigenvalue weighted by atomic mass is 16.3. The van der Waals surface area contributed by atoms with Gasteiger partial charge < -0.3 is 132 Å². The lowest BCUT2D eigenvalue weighted by Crippen LogP contribution is -2.58. The van der Waals surface area contributed by atoms with Crippen molar-refractivity contribution in [2.24, 2.45) is 40.5 Å². The SMILES string of the molecule is C=O.C=O.C=O.C=O.C=O.C=O.C=O.C=O.C=O.C=O.CC.CC.CC.CC(=O)N(C)[C@@H](Cc1ccccc1)C(=O)N(C)[C@@H](Cc1ccccc1)C(=O)N[C@@H](C)C(=O)N1CCCCC1.CC(C)C.CC(C)C.CC(C)O.CCc1ccccc1.CCc1ccccc1.CN.CN.CN.CN.CN.N.N.N.N.N. The van der Waals surface area contributed by atoms with Crippen LogP contribution in [0.15, 0.2) is 121 Å². The summed E-state index contributed by atoms with van der Waals surface area (Å²) in [6.07, 6.45) is 5.75. The Morgan fingerprint density at radius 2 is 0.589 bits per heavy atom. The van der Waals surface area contributed by atoms with E-state index in [2.05, 4.69) is 138 Å². The van der Waals surface area contributed by atoms with Crippen molar-refractivity contribution in [3.8, 4) is 0 Å². The topological polar surface area (TPSA) is 586 Å². The lowest BCUT2D eigenvalue weighted by atomic mass is 10.00. The average molecular weight is 1540 g/mol. The Morgan fingerprint density at radius 1 is 0.393 bits per heavy atom. The van der Waals surface area contributed by atoms with Gasteiger partial charge in [0.1, 0.15) is 86.0 Å². The molecule has 1 saturated heterocycles. The van der Waals surface area contributed by atoms with Crippen molar-refractivity contribution in [1.82, 2.24) is 50.8 Å². The number of piperidine rings is 1. The average Bonchev–Trinajstić information content (AvgIpc) is 0.822. The molecule has 3 atom stereocenters. The first-order valence-electron chi connectivity index (χ1n) is 33.0. The van der Waals surface area contributed by atoms with E-state index in [1.165, 1.54) is 63.1 Å². The lowest BCUT2D eigenvalue weighted by molar-refractivity contribution is -0.147. The number of rotatable bonds is 12. The van der Waals surface area contributed by atoms with Crippen LogP contribution in [-0.4, -0.2) is 198 Å². The second-order valence-electron chi connectivity index (χ2n) is 18.3. The molecule has 5 rings (SSSR count). The molecule has 4 amide bonds. The van der Waals surface area contributed by atoms with E-state index in [9.17, 15) is 19.2 Å². The summed E-state index contributed by atoms with van der Waals surface area (Å²) < 4.78 is 0. The molecule has 0 unspecified atom stereocenters. The fourth-order valence-corrected chi connectivity index (χ4v) is 6.27. The van der Waals surface area contributed by atoms with Crippen LogP contribution in [-0.2, 0) is 92.8 Å². The predicted octanol–water partition coefficient (Wildman–Crippen LogP) is 10.8. The van der Waals surface area contributed by atoms with Crippen molar-refractivity contribution in [2.45, 2.75) is 194 Å². The summed E-state index contributed by atoms with van der Waals surface area (Å²) in [7, 11) is 10.7. The number of carbonyl (C=O) groups excluding carboxylic acids is 14. The Bertz CT molecular complexity index is 1980. The van der Waals surface area contributed by atoms with Gasteiger partial charge in [-0.1, -0.05) is 218 Å². The number of hydrogen-bond donors (Lipinski definition) is 12. The number of nitrogens with two attached hydrogens (primary N) is 5. The van der Waals surface area contributed by atoms with Crippen molar-refractivity contribution >= 4 is 91.5 Å². The molecule has 0 aromatic heterocycles. The maximum absolute atomic E-state index is 13.9. The third-order valence-corrected chi connectivity index (χ3v) is 9.81. The van der Waals surface area contributed by atoms with Gasteiger partial charge in [-0.15, -0.1) is 0 Å². The molecular formula is C78H166N14O15. The summed E-state index contributed by atoms with van der Waals surface area (Å²) >= 11 is 0. The van der Waals surface area contributed by atoms with Gasteiger partial charge in [0.25, 0.3) is 0 Å². The number of carbonyl (C=O) groups is 14. The molecule has 0 bridgehead atoms. The summed E-state index contributed by atoms with van der Waals surface area (Å²) in [5.74, 6) is 0.588. The quantitative estimate of drug-likeness (QED) is 0.0627. The summed E-state index contributed by atoms with van der Waals surface area (Å²) in [5, 5.41) is 10.9. The summed E-state index contributed by atoms with van der Waals surface area (Å²) in [6, 6.07) is 37.5. The van der Waals surface area contributed by atoms with Gasteiger partial charge in [0.05, 0.1) is 0 Å². The number of aryl methyl sites for hydroxylation is 2. The number of hydrogen-bond acceptors (Lipinski definition) is 25. The van der Waals surface area contributed by atoms with E-state index in [1.807, 2.05) is 182 Å². The first kappa shape index (κ1) is 168. The monoisotopic (exact) mass is 1540 g/mol. The number of benzene rings is 4. The number of likely N-dealkylation sites (N-methyl/N-ethyl adjacent to an activating group) is 2. The third kappa shape index (κ3) is 140. The van der Waals surface area contributed by atoms with Crippen LogP contribution < -0.4 is 64.7 Å². The molecule has 1 fully saturated rings. The second kappa shape index (κ2) is 172. The number of nitrogens with zero attached hydrogens (tertiary/aromatic N) is 3. The fraction of sp³-hybridized carbons (Fsp3) is 0.513. The normalized spacial score (nSPS) is 8.75. The molecule has 4 aromatic rings. The molecule has 107 heavy (non-hydrogen) atoms. The lowest BCUT2D eigenvalue weighted by Gasteiger charge is -2.35. The highest BCUT2D eigenvalue weighted by molar-refractivity contribution is 5.94. The standard InChI is InChI=1S/C30H40N4O4.2C8H10.2C4H10.C3H8O.3C2H6.5CH5N.10CH2O.5H3N/c1-22(29(37)34-18-12-7-13-19-34)31-28(36)26(20-24-14-8-5-9-15-24)33(4)30(38)27(32(3)23(2)35)21-25-16-10-6-11-17-25;2*1-2-8-6-4-3-5-7-8;2*1-4(2)3;1-3(2)4;18*1-2;;;;;/h5-6,8-11,14-17,22,26-27H,7,12-13,18-21H2,1-4H3,(H,31,36);2*3-7H,2H2,1H3;2*4H,1-3H3;3-4H,1-2H3;3*1-2H3;5*2H2,1H3;10*1H2;5*1H3/t22-,26-,27-;;;;;;;;;;;;;;;;;;;;;;;;;;;;/m0............................/s1. The Labute approximate surface area is 652 Å². The number of likely N-dealkylation sites (tertiary alicyclic amines) is 1. The van der Waals surface area contributed by atoms with E-state index < -0.39 is 24.0 Å². The van der Waals surface area contributed by atoms with Gasteiger partial charge in [-0.05, 0) is 122 Å². The number of amides is 4. The van der Waals surface area contributed by atoms with Gasteiger partial charge in [0.15, 0.2) is 0 Å². The fourth-order valence-electron chi connectivity index (χ4n) is 6.27. The van der Waals surface area contributed by atoms with Crippen LogP contribution in [0.2, 0.25) is 0 Å². The van der Waals surface area contributed by atoms with Crippen LogP contribution in [0.3, 0.4) is 0 Å². The van der Waals surface area contributed by atoms with E-state index in [-0.39, 0.29) is 61.0 Å². The minimum atomic E-state index is -0.861. The molecular weight excluding hydrogens is 1370 g/mol. The Morgan fingerprint density at radius 3 is 0.776 bits per heavy atom. The molecule has 638 valence electrons. The molecule has 0 radical (unpaired) electrons. The highest BCUT2D eigenvalue weighted by Gasteiger charge is 2.36. The van der Waals surface area contributed by atoms with Crippen LogP contribution in [0, 0.1) is 11.8 Å². The van der Waals surface area contributed by atoms with Crippen LogP contribution in [0.25, 0.3) is 0 Å². The molecule has 29 nitrogen and oxygen atoms in total. The third-order valence-electron chi connectivity index (χ3n) is 9.81. The van der Waals surface area contributed by atoms with Crippen molar-refractivity contribution in [1.29, 1.82) is 0 Å². The minimum Gasteiger partial charge on any atom is -0.394 e. The zero-order chi connectivity index (χ0) is 86.0. The molecule has 1 heterocycles. The zero-order valence-electron chi connectivity index (χ0n) is 71.9. The molecule has 1 aliphatic rings. The van der Waals surface area contributed by atoms with E-state index in [4.69, 9.17) is 53.1 Å². The summed E-state index contributed by atoms with van der Waals surface area (Å²) in [4.78, 5) is 137.